The molecule has 1 amide bonds. The van der Waals surface area contributed by atoms with E-state index in [1.54, 1.807) is 11.5 Å². The number of carbonyl (C=O) groups is 1. The Morgan fingerprint density at radius 1 is 1.71 bits per heavy atom. The summed E-state index contributed by atoms with van der Waals surface area (Å²) in [6.07, 6.45) is 3.53. The fraction of sp³-hybridized carbons (Fsp3) is 0.500. The number of aromatic nitrogens is 1. The lowest BCUT2D eigenvalue weighted by molar-refractivity contribution is 0.0705. The molecule has 2 N–H and O–H groups in total. The Bertz CT molecular complexity index is 434. The maximum absolute atomic E-state index is 11.3. The number of nitrogens with zero attached hydrogens (tertiary/aromatic N) is 2. The number of fused-ring (bicyclic) bond motifs is 1. The first-order chi connectivity index (χ1) is 8.15. The minimum absolute atomic E-state index is 0.398. The first kappa shape index (κ1) is 12.0. The van der Waals surface area contributed by atoms with Crippen molar-refractivity contribution in [2.45, 2.75) is 32.4 Å². The summed E-state index contributed by atoms with van der Waals surface area (Å²) >= 11 is 0. The van der Waals surface area contributed by atoms with Crippen LogP contribution in [0.5, 0.6) is 0 Å². The Morgan fingerprint density at radius 3 is 3.12 bits per heavy atom. The van der Waals surface area contributed by atoms with Gasteiger partial charge in [0.25, 0.3) is 5.91 Å². The molecule has 5 heteroatoms. The van der Waals surface area contributed by atoms with Crippen LogP contribution in [-0.2, 0) is 13.0 Å². The normalized spacial score (nSPS) is 19.8. The molecule has 1 aliphatic rings. The third kappa shape index (κ3) is 2.30. The lowest BCUT2D eigenvalue weighted by Gasteiger charge is -2.32. The van der Waals surface area contributed by atoms with Crippen LogP contribution in [0.15, 0.2) is 12.3 Å². The third-order valence-corrected chi connectivity index (χ3v) is 3.37. The molecule has 0 radical (unpaired) electrons. The van der Waals surface area contributed by atoms with Gasteiger partial charge in [0.2, 0.25) is 0 Å². The van der Waals surface area contributed by atoms with Crippen LogP contribution in [0.25, 0.3) is 0 Å². The number of nitrogens with one attached hydrogen (secondary N) is 1. The fourth-order valence-corrected chi connectivity index (χ4v) is 2.28. The van der Waals surface area contributed by atoms with Gasteiger partial charge in [-0.2, -0.15) is 0 Å². The first-order valence-electron chi connectivity index (χ1n) is 5.78. The predicted octanol–water partition coefficient (Wildman–Crippen LogP) is 0.967. The number of hydrogen-bond acceptors (Lipinski definition) is 4. The minimum Gasteiger partial charge on any atom is -0.299 e. The number of pyridine rings is 1. The van der Waals surface area contributed by atoms with Crippen molar-refractivity contribution in [1.29, 1.82) is 0 Å². The van der Waals surface area contributed by atoms with Crippen molar-refractivity contribution in [3.05, 3.63) is 29.1 Å². The molecule has 17 heavy (non-hydrogen) atoms. The molecule has 1 aliphatic heterocycles. The van der Waals surface area contributed by atoms with E-state index < -0.39 is 5.91 Å². The van der Waals surface area contributed by atoms with E-state index in [-0.39, 0.29) is 0 Å². The lowest BCUT2D eigenvalue weighted by atomic mass is 9.96. The van der Waals surface area contributed by atoms with Gasteiger partial charge in [-0.3, -0.25) is 19.9 Å². The highest BCUT2D eigenvalue weighted by Crippen LogP contribution is 2.22. The summed E-state index contributed by atoms with van der Waals surface area (Å²) in [7, 11) is 2.08. The van der Waals surface area contributed by atoms with E-state index in [0.717, 1.165) is 30.6 Å². The summed E-state index contributed by atoms with van der Waals surface area (Å²) in [6, 6.07) is 2.32. The van der Waals surface area contributed by atoms with E-state index in [4.69, 9.17) is 5.21 Å². The molecule has 0 spiro atoms. The molecule has 1 aromatic heterocycles. The summed E-state index contributed by atoms with van der Waals surface area (Å²) in [4.78, 5) is 17.9. The third-order valence-electron chi connectivity index (χ3n) is 3.37. The van der Waals surface area contributed by atoms with Gasteiger partial charge in [-0.05, 0) is 25.1 Å². The number of likely N-dealkylation sites (N-methyl/N-ethyl adjacent to an activating group) is 1. The average molecular weight is 235 g/mol. The SMILES string of the molecule is CCC1Cc2ncc(C(=O)NO)cc2CN1C. The summed E-state index contributed by atoms with van der Waals surface area (Å²) < 4.78 is 0. The van der Waals surface area contributed by atoms with Crippen LogP contribution in [-0.4, -0.2) is 34.1 Å². The van der Waals surface area contributed by atoms with Crippen LogP contribution in [0.2, 0.25) is 0 Å². The standard InChI is InChI=1S/C12H17N3O2/c1-3-10-5-11-9(7-15(10)2)4-8(6-13-11)12(16)14-17/h4,6,10,17H,3,5,7H2,1-2H3,(H,14,16). The number of carbonyl (C=O) groups excluding carboxylic acids is 1. The monoisotopic (exact) mass is 235 g/mol. The Labute approximate surface area is 100 Å². The molecule has 0 aromatic carbocycles. The molecule has 92 valence electrons. The minimum atomic E-state index is -0.513. The van der Waals surface area contributed by atoms with Gasteiger partial charge >= 0.3 is 0 Å². The molecule has 0 saturated carbocycles. The number of hydroxylamine groups is 1. The van der Waals surface area contributed by atoms with Gasteiger partial charge in [0.05, 0.1) is 5.56 Å². The zero-order valence-corrected chi connectivity index (χ0v) is 10.1. The van der Waals surface area contributed by atoms with Gasteiger partial charge in [-0.15, -0.1) is 0 Å². The van der Waals surface area contributed by atoms with Crippen molar-refractivity contribution < 1.29 is 10.0 Å². The van der Waals surface area contributed by atoms with Crippen molar-refractivity contribution >= 4 is 5.91 Å². The molecule has 1 atom stereocenters. The van der Waals surface area contributed by atoms with Crippen LogP contribution < -0.4 is 5.48 Å². The Kier molecular flexibility index (Phi) is 3.40. The Morgan fingerprint density at radius 2 is 2.47 bits per heavy atom. The van der Waals surface area contributed by atoms with Gasteiger partial charge in [0, 0.05) is 30.9 Å². The summed E-state index contributed by atoms with van der Waals surface area (Å²) in [5.74, 6) is -0.513. The van der Waals surface area contributed by atoms with Crippen molar-refractivity contribution in [2.75, 3.05) is 7.05 Å². The smallest absolute Gasteiger partial charge is 0.276 e. The number of hydrogen-bond donors (Lipinski definition) is 2. The van der Waals surface area contributed by atoms with E-state index in [1.807, 2.05) is 0 Å². The molecule has 2 heterocycles. The highest BCUT2D eigenvalue weighted by atomic mass is 16.5. The van der Waals surface area contributed by atoms with E-state index in [2.05, 4.69) is 23.9 Å². The molecule has 1 aromatic rings. The average Bonchev–Trinajstić information content (AvgIpc) is 2.36. The molecule has 2 rings (SSSR count). The highest BCUT2D eigenvalue weighted by molar-refractivity contribution is 5.93. The second kappa shape index (κ2) is 4.81. The lowest BCUT2D eigenvalue weighted by Crippen LogP contribution is -2.37. The van der Waals surface area contributed by atoms with Crippen LogP contribution >= 0.6 is 0 Å². The molecule has 0 saturated heterocycles. The van der Waals surface area contributed by atoms with Gasteiger partial charge in [0.1, 0.15) is 0 Å². The van der Waals surface area contributed by atoms with Crippen LogP contribution in [0, 0.1) is 0 Å². The molecular weight excluding hydrogens is 218 g/mol. The van der Waals surface area contributed by atoms with Gasteiger partial charge in [-0.1, -0.05) is 6.92 Å². The van der Waals surface area contributed by atoms with E-state index >= 15 is 0 Å². The molecule has 0 bridgehead atoms. The van der Waals surface area contributed by atoms with Crippen molar-refractivity contribution in [3.8, 4) is 0 Å². The molecule has 0 aliphatic carbocycles. The van der Waals surface area contributed by atoms with Crippen molar-refractivity contribution in [1.82, 2.24) is 15.4 Å². The summed E-state index contributed by atoms with van der Waals surface area (Å²) in [5, 5.41) is 8.59. The van der Waals surface area contributed by atoms with E-state index in [1.165, 1.54) is 6.20 Å². The molecule has 1 unspecified atom stereocenters. The number of rotatable bonds is 2. The molecule has 5 nitrogen and oxygen atoms in total. The molecular formula is C12H17N3O2. The summed E-state index contributed by atoms with van der Waals surface area (Å²) in [6.45, 7) is 2.97. The van der Waals surface area contributed by atoms with Crippen molar-refractivity contribution in [2.24, 2.45) is 0 Å². The quantitative estimate of drug-likeness (QED) is 0.592. The van der Waals surface area contributed by atoms with Gasteiger partial charge in [0.15, 0.2) is 0 Å². The molecule has 0 fully saturated rings. The summed E-state index contributed by atoms with van der Waals surface area (Å²) in [5.41, 5.74) is 4.15. The zero-order valence-electron chi connectivity index (χ0n) is 10.1. The zero-order chi connectivity index (χ0) is 12.4. The van der Waals surface area contributed by atoms with Gasteiger partial charge < -0.3 is 0 Å². The largest absolute Gasteiger partial charge is 0.299 e. The topological polar surface area (TPSA) is 65.5 Å². The fourth-order valence-electron chi connectivity index (χ4n) is 2.28. The highest BCUT2D eigenvalue weighted by Gasteiger charge is 2.23. The van der Waals surface area contributed by atoms with Crippen LogP contribution in [0.1, 0.15) is 35.0 Å². The number of amides is 1. The Balaban J connectivity index is 2.29. The second-order valence-corrected chi connectivity index (χ2v) is 4.45. The maximum Gasteiger partial charge on any atom is 0.276 e. The van der Waals surface area contributed by atoms with Gasteiger partial charge in [-0.25, -0.2) is 5.48 Å². The maximum atomic E-state index is 11.3. The van der Waals surface area contributed by atoms with E-state index in [0.29, 0.717) is 11.6 Å². The Hall–Kier alpha value is -1.46. The first-order valence-corrected chi connectivity index (χ1v) is 5.78. The predicted molar refractivity (Wildman–Crippen MR) is 62.7 cm³/mol. The van der Waals surface area contributed by atoms with Crippen LogP contribution in [0.3, 0.4) is 0 Å². The van der Waals surface area contributed by atoms with E-state index in [9.17, 15) is 4.79 Å². The second-order valence-electron chi connectivity index (χ2n) is 4.45. The van der Waals surface area contributed by atoms with Crippen LogP contribution in [0.4, 0.5) is 0 Å². The van der Waals surface area contributed by atoms with Crippen molar-refractivity contribution in [3.63, 3.8) is 0 Å².